The Balaban J connectivity index is 1.43. The molecule has 0 radical (unpaired) electrons. The van der Waals surface area contributed by atoms with E-state index in [1.165, 1.54) is 10.6 Å². The number of hydrogen-bond acceptors (Lipinski definition) is 4. The third-order valence-corrected chi connectivity index (χ3v) is 5.88. The van der Waals surface area contributed by atoms with Crippen molar-refractivity contribution in [2.24, 2.45) is 0 Å². The van der Waals surface area contributed by atoms with Crippen molar-refractivity contribution in [3.05, 3.63) is 76.5 Å². The van der Waals surface area contributed by atoms with Gasteiger partial charge >= 0.3 is 0 Å². The summed E-state index contributed by atoms with van der Waals surface area (Å²) >= 11 is 0. The lowest BCUT2D eigenvalue weighted by Crippen LogP contribution is -2.45. The summed E-state index contributed by atoms with van der Waals surface area (Å²) in [6.45, 7) is 7.08. The number of hydrogen-bond donors (Lipinski definition) is 1. The lowest BCUT2D eigenvalue weighted by Gasteiger charge is -2.37. The van der Waals surface area contributed by atoms with Crippen LogP contribution in [-0.2, 0) is 16.1 Å². The smallest absolute Gasteiger partial charge is 0.259 e. The highest BCUT2D eigenvalue weighted by Gasteiger charge is 2.24. The van der Waals surface area contributed by atoms with Gasteiger partial charge in [0.25, 0.3) is 5.56 Å². The van der Waals surface area contributed by atoms with E-state index in [0.717, 1.165) is 5.39 Å². The maximum Gasteiger partial charge on any atom is 0.259 e. The van der Waals surface area contributed by atoms with E-state index < -0.39 is 6.04 Å². The first-order valence-corrected chi connectivity index (χ1v) is 10.9. The molecule has 1 saturated heterocycles. The molecule has 0 bridgehead atoms. The Morgan fingerprint density at radius 3 is 2.59 bits per heavy atom. The number of nitrogens with one attached hydrogen (secondary N) is 1. The molecule has 1 aliphatic heterocycles. The molecule has 0 saturated carbocycles. The number of aromatic nitrogens is 1. The Labute approximate surface area is 186 Å². The van der Waals surface area contributed by atoms with Crippen LogP contribution in [0.3, 0.4) is 0 Å². The maximum absolute atomic E-state index is 14.8. The van der Waals surface area contributed by atoms with Crippen LogP contribution in [0.2, 0.25) is 0 Å². The van der Waals surface area contributed by atoms with E-state index >= 15 is 0 Å². The molecule has 32 heavy (non-hydrogen) atoms. The highest BCUT2D eigenvalue weighted by atomic mass is 19.1. The quantitative estimate of drug-likeness (QED) is 0.662. The van der Waals surface area contributed by atoms with Gasteiger partial charge in [-0.25, -0.2) is 4.39 Å². The highest BCUT2D eigenvalue weighted by Crippen LogP contribution is 2.24. The van der Waals surface area contributed by atoms with Gasteiger partial charge in [0, 0.05) is 31.2 Å². The first-order chi connectivity index (χ1) is 15.3. The molecule has 1 aliphatic rings. The minimum Gasteiger partial charge on any atom is -0.372 e. The molecule has 1 fully saturated rings. The van der Waals surface area contributed by atoms with E-state index in [1.807, 2.05) is 43.0 Å². The van der Waals surface area contributed by atoms with Gasteiger partial charge in [-0.2, -0.15) is 0 Å². The van der Waals surface area contributed by atoms with E-state index in [1.54, 1.807) is 31.3 Å². The largest absolute Gasteiger partial charge is 0.372 e. The van der Waals surface area contributed by atoms with Gasteiger partial charge in [0.05, 0.1) is 17.9 Å². The van der Waals surface area contributed by atoms with Gasteiger partial charge in [-0.15, -0.1) is 0 Å². The molecule has 4 rings (SSSR count). The Morgan fingerprint density at radius 1 is 1.16 bits per heavy atom. The summed E-state index contributed by atoms with van der Waals surface area (Å²) in [5.74, 6) is -0.625. The molecule has 0 spiro atoms. The zero-order valence-corrected chi connectivity index (χ0v) is 18.5. The van der Waals surface area contributed by atoms with Crippen LogP contribution in [0.25, 0.3) is 10.8 Å². The number of carbonyl (C=O) groups is 1. The molecule has 1 amide bonds. The Morgan fingerprint density at radius 2 is 1.88 bits per heavy atom. The second-order valence-electron chi connectivity index (χ2n) is 8.46. The van der Waals surface area contributed by atoms with Gasteiger partial charge in [0.2, 0.25) is 5.91 Å². The van der Waals surface area contributed by atoms with Gasteiger partial charge < -0.3 is 19.5 Å². The topological polar surface area (TPSA) is 63.6 Å². The number of nitrogens with zero attached hydrogens (tertiary/aromatic N) is 2. The summed E-state index contributed by atoms with van der Waals surface area (Å²) in [6.07, 6.45) is 1.71. The fraction of sp³-hybridized carbons (Fsp3) is 0.360. The van der Waals surface area contributed by atoms with E-state index in [-0.39, 0.29) is 36.0 Å². The Kier molecular flexibility index (Phi) is 6.28. The molecule has 7 heteroatoms. The first kappa shape index (κ1) is 22.0. The third-order valence-electron chi connectivity index (χ3n) is 5.88. The number of halogens is 1. The van der Waals surface area contributed by atoms with Crippen molar-refractivity contribution in [1.29, 1.82) is 0 Å². The lowest BCUT2D eigenvalue weighted by atomic mass is 10.1. The SMILES string of the molecule is CC1CN(c2ccc(CNC(=O)C(C)n3ccc4ccccc4c3=O)cc2F)CC(C)O1. The minimum atomic E-state index is -0.687. The first-order valence-electron chi connectivity index (χ1n) is 10.9. The maximum atomic E-state index is 14.8. The number of fused-ring (bicyclic) bond motifs is 1. The summed E-state index contributed by atoms with van der Waals surface area (Å²) in [6, 6.07) is 13.4. The second-order valence-corrected chi connectivity index (χ2v) is 8.46. The fourth-order valence-electron chi connectivity index (χ4n) is 4.26. The van der Waals surface area contributed by atoms with Crippen molar-refractivity contribution in [3.8, 4) is 0 Å². The number of rotatable bonds is 5. The zero-order chi connectivity index (χ0) is 22.8. The van der Waals surface area contributed by atoms with Crippen molar-refractivity contribution in [1.82, 2.24) is 9.88 Å². The Bertz CT molecular complexity index is 1180. The van der Waals surface area contributed by atoms with Crippen LogP contribution < -0.4 is 15.8 Å². The molecule has 6 nitrogen and oxygen atoms in total. The van der Waals surface area contributed by atoms with Crippen LogP contribution in [0.5, 0.6) is 0 Å². The van der Waals surface area contributed by atoms with Gasteiger partial charge in [-0.05, 0) is 56.0 Å². The second kappa shape index (κ2) is 9.12. The lowest BCUT2D eigenvalue weighted by molar-refractivity contribution is -0.124. The van der Waals surface area contributed by atoms with E-state index in [4.69, 9.17) is 4.74 Å². The van der Waals surface area contributed by atoms with Crippen LogP contribution in [0.1, 0.15) is 32.4 Å². The fourth-order valence-corrected chi connectivity index (χ4v) is 4.26. The number of pyridine rings is 1. The third kappa shape index (κ3) is 4.53. The molecular weight excluding hydrogens is 409 g/mol. The number of anilines is 1. The average molecular weight is 438 g/mol. The summed E-state index contributed by atoms with van der Waals surface area (Å²) in [5, 5.41) is 4.22. The molecule has 1 aromatic heterocycles. The Hall–Kier alpha value is -3.19. The summed E-state index contributed by atoms with van der Waals surface area (Å²) < 4.78 is 21.9. The van der Waals surface area contributed by atoms with Gasteiger partial charge in [-0.3, -0.25) is 9.59 Å². The normalized spacial score (nSPS) is 19.7. The number of carbonyl (C=O) groups excluding carboxylic acids is 1. The highest BCUT2D eigenvalue weighted by molar-refractivity contribution is 5.83. The van der Waals surface area contributed by atoms with Crippen LogP contribution >= 0.6 is 0 Å². The number of amides is 1. The van der Waals surface area contributed by atoms with Gasteiger partial charge in [-0.1, -0.05) is 24.3 Å². The summed E-state index contributed by atoms with van der Waals surface area (Å²) in [7, 11) is 0. The standard InChI is InChI=1S/C25H28FN3O3/c1-16-14-28(15-17(2)32-16)23-9-8-19(12-22(23)26)13-27-24(30)18(3)29-11-10-20-6-4-5-7-21(20)25(29)31/h4-12,16-18H,13-15H2,1-3H3,(H,27,30). The minimum absolute atomic E-state index is 0.0390. The van der Waals surface area contributed by atoms with E-state index in [9.17, 15) is 14.0 Å². The summed E-state index contributed by atoms with van der Waals surface area (Å²) in [4.78, 5) is 27.4. The van der Waals surface area contributed by atoms with Crippen LogP contribution in [0, 0.1) is 5.82 Å². The molecule has 1 N–H and O–H groups in total. The molecule has 3 atom stereocenters. The molecule has 3 aromatic rings. The predicted molar refractivity (Wildman–Crippen MR) is 123 cm³/mol. The van der Waals surface area contributed by atoms with Crippen LogP contribution in [0.4, 0.5) is 10.1 Å². The van der Waals surface area contributed by atoms with Gasteiger partial charge in [0.15, 0.2) is 0 Å². The molecule has 2 aromatic carbocycles. The zero-order valence-electron chi connectivity index (χ0n) is 18.5. The van der Waals surface area contributed by atoms with Crippen molar-refractivity contribution in [3.63, 3.8) is 0 Å². The van der Waals surface area contributed by atoms with Crippen LogP contribution in [0.15, 0.2) is 59.5 Å². The monoisotopic (exact) mass is 437 g/mol. The number of ether oxygens (including phenoxy) is 1. The molecule has 0 aliphatic carbocycles. The predicted octanol–water partition coefficient (Wildman–Crippen LogP) is 3.63. The van der Waals surface area contributed by atoms with E-state index in [2.05, 4.69) is 5.32 Å². The average Bonchev–Trinajstić information content (AvgIpc) is 2.77. The number of morpholine rings is 1. The van der Waals surface area contributed by atoms with Crippen molar-refractivity contribution < 1.29 is 13.9 Å². The van der Waals surface area contributed by atoms with Crippen molar-refractivity contribution >= 4 is 22.4 Å². The van der Waals surface area contributed by atoms with Crippen molar-refractivity contribution in [2.45, 2.75) is 45.6 Å². The summed E-state index contributed by atoms with van der Waals surface area (Å²) in [5.41, 5.74) is 0.986. The molecule has 3 unspecified atom stereocenters. The van der Waals surface area contributed by atoms with Crippen LogP contribution in [-0.4, -0.2) is 35.8 Å². The van der Waals surface area contributed by atoms with E-state index in [0.29, 0.717) is 29.7 Å². The molecule has 168 valence electrons. The van der Waals surface area contributed by atoms with Gasteiger partial charge in [0.1, 0.15) is 11.9 Å². The molecule has 2 heterocycles. The number of benzene rings is 2. The molecular formula is C25H28FN3O3. The van der Waals surface area contributed by atoms with Crippen molar-refractivity contribution in [2.75, 3.05) is 18.0 Å².